The van der Waals surface area contributed by atoms with Crippen LogP contribution in [0.5, 0.6) is 5.75 Å². The number of nitrogens with one attached hydrogen (secondary N) is 1. The molecule has 4 rings (SSSR count). The molecular formula is C29H34N4O2. The number of fused-ring (bicyclic) bond motifs is 1. The molecule has 35 heavy (non-hydrogen) atoms. The smallest absolute Gasteiger partial charge is 0.251 e. The van der Waals surface area contributed by atoms with Crippen LogP contribution in [-0.4, -0.2) is 33.6 Å². The number of imidazole rings is 1. The Morgan fingerprint density at radius 3 is 2.66 bits per heavy atom. The van der Waals surface area contributed by atoms with Gasteiger partial charge in [0, 0.05) is 37.5 Å². The summed E-state index contributed by atoms with van der Waals surface area (Å²) in [5.74, 6) is 2.33. The van der Waals surface area contributed by atoms with Crippen molar-refractivity contribution in [2.24, 2.45) is 0 Å². The van der Waals surface area contributed by atoms with Crippen molar-refractivity contribution >= 4 is 16.9 Å². The molecule has 0 radical (unpaired) electrons. The second-order valence-electron chi connectivity index (χ2n) is 9.16. The van der Waals surface area contributed by atoms with Crippen molar-refractivity contribution in [2.75, 3.05) is 13.2 Å². The second kappa shape index (κ2) is 11.6. The molecule has 0 unspecified atom stereocenters. The van der Waals surface area contributed by atoms with Crippen molar-refractivity contribution < 1.29 is 9.53 Å². The minimum atomic E-state index is -0.0934. The number of ether oxygens (including phenoxy) is 1. The Labute approximate surface area is 207 Å². The molecule has 0 fully saturated rings. The number of aromatic nitrogens is 3. The van der Waals surface area contributed by atoms with Gasteiger partial charge in [0.15, 0.2) is 0 Å². The van der Waals surface area contributed by atoms with E-state index in [4.69, 9.17) is 9.72 Å². The number of unbranched alkanes of at least 4 members (excludes halogenated alkanes) is 1. The Hall–Kier alpha value is -3.67. The number of hydrogen-bond acceptors (Lipinski definition) is 4. The lowest BCUT2D eigenvalue weighted by molar-refractivity contribution is 0.0953. The van der Waals surface area contributed by atoms with E-state index in [9.17, 15) is 4.79 Å². The van der Waals surface area contributed by atoms with Crippen LogP contribution < -0.4 is 10.1 Å². The maximum atomic E-state index is 12.4. The number of hydrogen-bond donors (Lipinski definition) is 1. The number of carbonyl (C=O) groups is 1. The lowest BCUT2D eigenvalue weighted by atomic mass is 10.0. The van der Waals surface area contributed by atoms with E-state index in [1.165, 1.54) is 11.1 Å². The fourth-order valence-electron chi connectivity index (χ4n) is 4.26. The van der Waals surface area contributed by atoms with Crippen molar-refractivity contribution in [3.05, 3.63) is 89.5 Å². The fraction of sp³-hybridized carbons (Fsp3) is 0.345. The van der Waals surface area contributed by atoms with Gasteiger partial charge in [-0.25, -0.2) is 4.98 Å². The van der Waals surface area contributed by atoms with Gasteiger partial charge < -0.3 is 14.6 Å². The number of nitrogens with zero attached hydrogens (tertiary/aromatic N) is 3. The normalized spacial score (nSPS) is 11.2. The minimum Gasteiger partial charge on any atom is -0.493 e. The first-order valence-corrected chi connectivity index (χ1v) is 12.4. The van der Waals surface area contributed by atoms with Crippen LogP contribution >= 0.6 is 0 Å². The maximum Gasteiger partial charge on any atom is 0.251 e. The first-order valence-electron chi connectivity index (χ1n) is 12.4. The average molecular weight is 471 g/mol. The molecule has 0 atom stereocenters. The van der Waals surface area contributed by atoms with Gasteiger partial charge in [0.1, 0.15) is 11.6 Å². The Morgan fingerprint density at radius 2 is 1.86 bits per heavy atom. The molecule has 2 aromatic carbocycles. The van der Waals surface area contributed by atoms with Crippen molar-refractivity contribution in [1.82, 2.24) is 19.9 Å². The molecule has 0 aliphatic carbocycles. The van der Waals surface area contributed by atoms with E-state index < -0.39 is 0 Å². The first kappa shape index (κ1) is 24.5. The summed E-state index contributed by atoms with van der Waals surface area (Å²) in [7, 11) is 0. The third-order valence-electron chi connectivity index (χ3n) is 6.13. The van der Waals surface area contributed by atoms with Gasteiger partial charge in [-0.2, -0.15) is 0 Å². The van der Waals surface area contributed by atoms with Gasteiger partial charge in [-0.3, -0.25) is 9.78 Å². The zero-order valence-corrected chi connectivity index (χ0v) is 20.8. The molecule has 0 aliphatic rings. The van der Waals surface area contributed by atoms with Crippen LogP contribution in [0.2, 0.25) is 0 Å². The second-order valence-corrected chi connectivity index (χ2v) is 9.16. The van der Waals surface area contributed by atoms with E-state index in [-0.39, 0.29) is 5.91 Å². The monoisotopic (exact) mass is 470 g/mol. The summed E-state index contributed by atoms with van der Waals surface area (Å²) in [6, 6.07) is 18.1. The lowest BCUT2D eigenvalue weighted by Crippen LogP contribution is -2.26. The predicted molar refractivity (Wildman–Crippen MR) is 140 cm³/mol. The van der Waals surface area contributed by atoms with E-state index in [0.29, 0.717) is 31.1 Å². The number of pyridine rings is 1. The van der Waals surface area contributed by atoms with Crippen LogP contribution in [0.25, 0.3) is 11.0 Å². The van der Waals surface area contributed by atoms with Crippen LogP contribution in [0.15, 0.2) is 67.0 Å². The first-order chi connectivity index (χ1) is 17.0. The summed E-state index contributed by atoms with van der Waals surface area (Å²) in [5.41, 5.74) is 5.20. The van der Waals surface area contributed by atoms with Crippen molar-refractivity contribution in [2.45, 2.75) is 52.5 Å². The Kier molecular flexibility index (Phi) is 8.14. The van der Waals surface area contributed by atoms with E-state index in [2.05, 4.69) is 59.9 Å². The van der Waals surface area contributed by atoms with Crippen molar-refractivity contribution in [3.63, 3.8) is 0 Å². The molecule has 1 N–H and O–H groups in total. The van der Waals surface area contributed by atoms with Gasteiger partial charge in [0.05, 0.1) is 17.6 Å². The number of carbonyl (C=O) groups excluding carboxylic acids is 1. The molecule has 0 bridgehead atoms. The van der Waals surface area contributed by atoms with Crippen molar-refractivity contribution in [1.29, 1.82) is 0 Å². The highest BCUT2D eigenvalue weighted by atomic mass is 16.5. The predicted octanol–water partition coefficient (Wildman–Crippen LogP) is 5.69. The number of amides is 1. The van der Waals surface area contributed by atoms with Gasteiger partial charge in [-0.1, -0.05) is 38.1 Å². The highest BCUT2D eigenvalue weighted by molar-refractivity contribution is 5.93. The third-order valence-corrected chi connectivity index (χ3v) is 6.13. The highest BCUT2D eigenvalue weighted by Gasteiger charge is 2.12. The SMILES string of the molecule is Cc1ccc(C(C)C)c(OCCCCn2c(CCNC(=O)c3ccncc3)nc3ccccc32)c1. The summed E-state index contributed by atoms with van der Waals surface area (Å²) < 4.78 is 8.45. The zero-order valence-electron chi connectivity index (χ0n) is 20.8. The summed E-state index contributed by atoms with van der Waals surface area (Å²) in [6.45, 7) is 8.57. The number of para-hydroxylation sites is 2. The summed E-state index contributed by atoms with van der Waals surface area (Å²) >= 11 is 0. The molecule has 0 saturated heterocycles. The highest BCUT2D eigenvalue weighted by Crippen LogP contribution is 2.27. The Bertz CT molecular complexity index is 1260. The quantitative estimate of drug-likeness (QED) is 0.286. The molecule has 1 amide bonds. The van der Waals surface area contributed by atoms with Gasteiger partial charge in [-0.15, -0.1) is 0 Å². The Morgan fingerprint density at radius 1 is 1.06 bits per heavy atom. The molecule has 2 heterocycles. The van der Waals surface area contributed by atoms with Crippen LogP contribution in [0.3, 0.4) is 0 Å². The topological polar surface area (TPSA) is 69.0 Å². The molecule has 2 aromatic heterocycles. The van der Waals surface area contributed by atoms with Gasteiger partial charge in [0.2, 0.25) is 0 Å². The van der Waals surface area contributed by atoms with Gasteiger partial charge >= 0.3 is 0 Å². The van der Waals surface area contributed by atoms with E-state index in [1.807, 2.05) is 18.2 Å². The molecule has 0 aliphatic heterocycles. The Balaban J connectivity index is 1.34. The van der Waals surface area contributed by atoms with Crippen molar-refractivity contribution in [3.8, 4) is 5.75 Å². The average Bonchev–Trinajstić information content (AvgIpc) is 3.21. The summed E-state index contributed by atoms with van der Waals surface area (Å²) in [4.78, 5) is 21.2. The van der Waals surface area contributed by atoms with Crippen LogP contribution in [0.4, 0.5) is 0 Å². The largest absolute Gasteiger partial charge is 0.493 e. The van der Waals surface area contributed by atoms with Crippen LogP contribution in [0.1, 0.15) is 59.9 Å². The number of rotatable bonds is 11. The zero-order chi connectivity index (χ0) is 24.6. The molecule has 0 saturated carbocycles. The standard InChI is InChI=1S/C29H34N4O2/c1-21(2)24-11-10-22(3)20-27(24)35-19-7-6-18-33-26-9-5-4-8-25(26)32-28(33)14-17-31-29(34)23-12-15-30-16-13-23/h4-5,8-13,15-16,20-21H,6-7,14,17-19H2,1-3H3,(H,31,34). The summed E-state index contributed by atoms with van der Waals surface area (Å²) in [5, 5.41) is 2.99. The number of aryl methyl sites for hydroxylation is 2. The molecular weight excluding hydrogens is 436 g/mol. The lowest BCUT2D eigenvalue weighted by Gasteiger charge is -2.15. The molecule has 6 nitrogen and oxygen atoms in total. The van der Waals surface area contributed by atoms with Gasteiger partial charge in [-0.05, 0) is 67.1 Å². The van der Waals surface area contributed by atoms with Gasteiger partial charge in [0.25, 0.3) is 5.91 Å². The molecule has 6 heteroatoms. The molecule has 0 spiro atoms. The van der Waals surface area contributed by atoms with E-state index in [0.717, 1.165) is 42.0 Å². The van der Waals surface area contributed by atoms with E-state index >= 15 is 0 Å². The fourth-order valence-corrected chi connectivity index (χ4v) is 4.26. The molecule has 182 valence electrons. The van der Waals surface area contributed by atoms with Crippen LogP contribution in [-0.2, 0) is 13.0 Å². The molecule has 4 aromatic rings. The van der Waals surface area contributed by atoms with E-state index in [1.54, 1.807) is 24.5 Å². The maximum absolute atomic E-state index is 12.4. The minimum absolute atomic E-state index is 0.0934. The summed E-state index contributed by atoms with van der Waals surface area (Å²) in [6.07, 6.45) is 5.86. The number of benzene rings is 2. The van der Waals surface area contributed by atoms with Crippen LogP contribution in [0, 0.1) is 6.92 Å². The third kappa shape index (κ3) is 6.27.